The molecule has 0 aromatic carbocycles. The van der Waals surface area contributed by atoms with E-state index in [1.54, 1.807) is 17.8 Å². The third-order valence-electron chi connectivity index (χ3n) is 3.10. The van der Waals surface area contributed by atoms with Gasteiger partial charge in [0.25, 0.3) is 0 Å². The summed E-state index contributed by atoms with van der Waals surface area (Å²) < 4.78 is 3.61. The van der Waals surface area contributed by atoms with Crippen molar-refractivity contribution < 1.29 is 52.9 Å². The summed E-state index contributed by atoms with van der Waals surface area (Å²) in [4.78, 5) is 18.5. The van der Waals surface area contributed by atoms with E-state index in [-0.39, 0.29) is 0 Å². The molecule has 0 saturated carbocycles. The second-order valence-electron chi connectivity index (χ2n) is 5.13. The fraction of sp³-hybridized carbons (Fsp3) is 0.222. The van der Waals surface area contributed by atoms with Gasteiger partial charge in [0.1, 0.15) is 23.5 Å². The first-order chi connectivity index (χ1) is 11.6. The molecule has 25 heavy (non-hydrogen) atoms. The zero-order valence-corrected chi connectivity index (χ0v) is 17.8. The van der Waals surface area contributed by atoms with Crippen LogP contribution in [0.5, 0.6) is 0 Å². The predicted octanol–water partition coefficient (Wildman–Crippen LogP) is 1.15. The van der Waals surface area contributed by atoms with Gasteiger partial charge in [-0.3, -0.25) is 0 Å². The minimum absolute atomic E-state index is 0.612. The van der Waals surface area contributed by atoms with Gasteiger partial charge in [-0.15, -0.1) is 0 Å². The van der Waals surface area contributed by atoms with Crippen LogP contribution < -0.4 is 10.2 Å². The number of allylic oxidation sites excluding steroid dienone is 8. The van der Waals surface area contributed by atoms with E-state index in [9.17, 15) is 19.8 Å². The van der Waals surface area contributed by atoms with Crippen LogP contribution in [0.1, 0.15) is 26.7 Å². The van der Waals surface area contributed by atoms with Gasteiger partial charge >= 0.3 is 91.7 Å². The number of rotatable bonds is 4. The summed E-state index contributed by atoms with van der Waals surface area (Å²) in [5.41, 5.74) is 3.13. The van der Waals surface area contributed by atoms with Crippen molar-refractivity contribution in [2.45, 2.75) is 26.7 Å². The van der Waals surface area contributed by atoms with E-state index < -0.39 is 46.4 Å². The molecule has 0 unspecified atom stereocenters. The first-order valence-corrected chi connectivity index (χ1v) is 10.8. The zero-order valence-electron chi connectivity index (χ0n) is 14.2. The number of hydrogen-bond donors (Lipinski definition) is 2. The zero-order chi connectivity index (χ0) is 19.6. The second-order valence-corrected chi connectivity index (χ2v) is 10.4. The van der Waals surface area contributed by atoms with Gasteiger partial charge in [-0.05, 0) is 0 Å². The van der Waals surface area contributed by atoms with E-state index in [2.05, 4.69) is 51.3 Å². The molecule has 0 heterocycles. The number of aliphatic carboxylic acids is 2. The van der Waals surface area contributed by atoms with Crippen molar-refractivity contribution in [2.24, 2.45) is 0 Å². The molecular formula is C18H20HfO6. The van der Waals surface area contributed by atoms with Crippen LogP contribution in [0.3, 0.4) is 0 Å². The maximum absolute atomic E-state index is 9.24. The number of hydrogen-bond acceptors (Lipinski definition) is 6. The molecule has 6 nitrogen and oxygen atoms in total. The Bertz CT molecular complexity index is 598. The molecule has 132 valence electrons. The van der Waals surface area contributed by atoms with Crippen LogP contribution in [0, 0.1) is 0 Å². The summed E-state index contributed by atoms with van der Waals surface area (Å²) in [5.74, 6) is -5.13. The van der Waals surface area contributed by atoms with Gasteiger partial charge in [0.05, 0.1) is 0 Å². The number of carboxylic acid groups (broad SMARTS) is 2. The number of aliphatic hydroxyl groups is 2. The van der Waals surface area contributed by atoms with Gasteiger partial charge in [0.15, 0.2) is 0 Å². The molecule has 0 fully saturated rings. The molecule has 7 heteroatoms. The molecule has 0 atom stereocenters. The van der Waals surface area contributed by atoms with E-state index in [0.717, 1.165) is 0 Å². The quantitative estimate of drug-likeness (QED) is 0.332. The molecule has 2 N–H and O–H groups in total. The van der Waals surface area contributed by atoms with E-state index >= 15 is 0 Å². The molecule has 0 radical (unpaired) electrons. The number of aliphatic hydroxyl groups excluding tert-OH is 2. The first-order valence-electron chi connectivity index (χ1n) is 7.24. The molecule has 0 amide bonds. The van der Waals surface area contributed by atoms with Crippen molar-refractivity contribution in [3.8, 4) is 0 Å². The van der Waals surface area contributed by atoms with Gasteiger partial charge in [-0.25, -0.2) is 0 Å². The predicted molar refractivity (Wildman–Crippen MR) is 86.5 cm³/mol. The second kappa shape index (κ2) is 11.4. The summed E-state index contributed by atoms with van der Waals surface area (Å²) in [6.07, 6.45) is 11.7. The Labute approximate surface area is 158 Å². The normalized spacial score (nSPS) is 14.2. The molecule has 0 spiro atoms. The Morgan fingerprint density at radius 3 is 1.36 bits per heavy atom. The van der Waals surface area contributed by atoms with E-state index in [1.165, 1.54) is 12.8 Å². The van der Waals surface area contributed by atoms with Crippen LogP contribution in [0.25, 0.3) is 0 Å². The Kier molecular flexibility index (Phi) is 10.4. The molecule has 0 aliphatic heterocycles. The molecule has 0 aromatic heterocycles. The van der Waals surface area contributed by atoms with E-state index in [4.69, 9.17) is 10.2 Å². The Hall–Kier alpha value is -2.15. The van der Waals surface area contributed by atoms with Gasteiger partial charge in [-0.2, -0.15) is 0 Å². The molecule has 0 saturated heterocycles. The number of carboxylic acids is 2. The molecule has 2 aliphatic carbocycles. The fourth-order valence-corrected chi connectivity index (χ4v) is 6.62. The summed E-state index contributed by atoms with van der Waals surface area (Å²) in [6.45, 7) is 9.83. The first kappa shape index (κ1) is 22.9. The van der Waals surface area contributed by atoms with Crippen LogP contribution >= 0.6 is 0 Å². The van der Waals surface area contributed by atoms with Crippen molar-refractivity contribution in [2.75, 3.05) is 0 Å². The SMILES string of the molecule is C=C(O)C(=O)[O-].C=C(O)C(=O)[O-].CC1=[C]([Hf+2][C]2=C(C)C=CC2)CC=C1. The Morgan fingerprint density at radius 2 is 1.20 bits per heavy atom. The molecule has 2 rings (SSSR count). The molecule has 0 aromatic rings. The summed E-state index contributed by atoms with van der Waals surface area (Å²) >= 11 is -0.612. The van der Waals surface area contributed by atoms with Crippen LogP contribution in [0.15, 0.2) is 66.8 Å². The van der Waals surface area contributed by atoms with Crippen LogP contribution in [0.2, 0.25) is 0 Å². The third kappa shape index (κ3) is 9.66. The molecular weight excluding hydrogens is 491 g/mol. The minimum atomic E-state index is -1.63. The third-order valence-corrected chi connectivity index (χ3v) is 9.57. The summed E-state index contributed by atoms with van der Waals surface area (Å²) in [5, 5.41) is 34.0. The van der Waals surface area contributed by atoms with Crippen LogP contribution in [0.4, 0.5) is 0 Å². The number of carbonyl (C=O) groups excluding carboxylic acids is 2. The average molecular weight is 511 g/mol. The van der Waals surface area contributed by atoms with Crippen molar-refractivity contribution in [1.82, 2.24) is 0 Å². The average Bonchev–Trinajstić information content (AvgIpc) is 3.10. The van der Waals surface area contributed by atoms with Gasteiger partial charge in [0.2, 0.25) is 0 Å². The van der Waals surface area contributed by atoms with E-state index in [0.29, 0.717) is 0 Å². The van der Waals surface area contributed by atoms with Gasteiger partial charge in [0, 0.05) is 0 Å². The maximum atomic E-state index is 9.24. The van der Waals surface area contributed by atoms with Gasteiger partial charge in [-0.1, -0.05) is 13.2 Å². The van der Waals surface area contributed by atoms with Crippen LogP contribution in [-0.2, 0) is 32.5 Å². The van der Waals surface area contributed by atoms with Crippen molar-refractivity contribution >= 4 is 11.9 Å². The fourth-order valence-electron chi connectivity index (χ4n) is 1.71. The van der Waals surface area contributed by atoms with Crippen molar-refractivity contribution in [1.29, 1.82) is 0 Å². The van der Waals surface area contributed by atoms with Crippen molar-refractivity contribution in [3.05, 3.63) is 66.8 Å². The standard InChI is InChI=1S/2C6H7.2C3H4O3.Hf/c2*1-6-4-2-3-5-6;2*1-2(4)3(5)6;/h2*2,4H,3H2,1H3;2*4H,1H2,(H,5,6);/q;;;;+2/p-2. The topological polar surface area (TPSA) is 121 Å². The number of carbonyl (C=O) groups is 2. The monoisotopic (exact) mass is 512 g/mol. The van der Waals surface area contributed by atoms with Crippen LogP contribution in [-0.4, -0.2) is 22.2 Å². The van der Waals surface area contributed by atoms with Gasteiger partial charge < -0.3 is 30.0 Å². The Balaban J connectivity index is 0.000000406. The summed E-state index contributed by atoms with van der Waals surface area (Å²) in [6, 6.07) is 0. The molecule has 0 bridgehead atoms. The molecule has 2 aliphatic rings. The van der Waals surface area contributed by atoms with E-state index in [1.807, 2.05) is 0 Å². The van der Waals surface area contributed by atoms with Crippen molar-refractivity contribution in [3.63, 3.8) is 0 Å². The Morgan fingerprint density at radius 1 is 0.920 bits per heavy atom. The summed E-state index contributed by atoms with van der Waals surface area (Å²) in [7, 11) is 0.